The number of carboxylic acid groups (broad SMARTS) is 2. The Kier molecular flexibility index (Phi) is 2.52. The van der Waals surface area contributed by atoms with Crippen LogP contribution in [0, 0.1) is 40.8 Å². The molecule has 6 atom stereocenters. The second kappa shape index (κ2) is 4.19. The minimum atomic E-state index is -1.45. The molecule has 2 N–H and O–H groups in total. The fourth-order valence-electron chi connectivity index (χ4n) is 7.51. The number of hydrogen-bond donors (Lipinski definition) is 2. The summed E-state index contributed by atoms with van der Waals surface area (Å²) in [5.41, 5.74) is -0.00971. The van der Waals surface area contributed by atoms with Gasteiger partial charge in [0.1, 0.15) is 5.82 Å². The van der Waals surface area contributed by atoms with E-state index in [1.54, 1.807) is 12.1 Å². The van der Waals surface area contributed by atoms with Crippen LogP contribution >= 0.6 is 0 Å². The van der Waals surface area contributed by atoms with Crippen molar-refractivity contribution in [2.24, 2.45) is 35.0 Å². The van der Waals surface area contributed by atoms with E-state index >= 15 is 0 Å². The van der Waals surface area contributed by atoms with Crippen LogP contribution in [0.4, 0.5) is 4.39 Å². The average Bonchev–Trinajstić information content (AvgIpc) is 3.02. The molecule has 0 saturated heterocycles. The van der Waals surface area contributed by atoms with Crippen molar-refractivity contribution in [3.63, 3.8) is 0 Å². The zero-order chi connectivity index (χ0) is 16.9. The van der Waals surface area contributed by atoms with Crippen molar-refractivity contribution < 1.29 is 24.2 Å². The van der Waals surface area contributed by atoms with Crippen molar-refractivity contribution >= 4 is 11.9 Å². The highest BCUT2D eigenvalue weighted by Gasteiger charge is 2.85. The maximum Gasteiger partial charge on any atom is 0.318 e. The second-order valence-corrected chi connectivity index (χ2v) is 8.24. The Balaban J connectivity index is 1.70. The molecule has 2 bridgehead atoms. The van der Waals surface area contributed by atoms with E-state index in [1.807, 2.05) is 0 Å². The highest BCUT2D eigenvalue weighted by atomic mass is 19.1. The molecule has 6 unspecified atom stereocenters. The van der Waals surface area contributed by atoms with Gasteiger partial charge in [-0.25, -0.2) is 4.39 Å². The van der Waals surface area contributed by atoms with Gasteiger partial charge < -0.3 is 10.2 Å². The first-order valence-electron chi connectivity index (χ1n) is 8.64. The van der Waals surface area contributed by atoms with Crippen molar-refractivity contribution in [1.29, 1.82) is 0 Å². The molecule has 0 aromatic heterocycles. The Morgan fingerprint density at radius 3 is 2.25 bits per heavy atom. The number of carbonyl (C=O) groups is 2. The first kappa shape index (κ1) is 14.4. The van der Waals surface area contributed by atoms with Crippen LogP contribution in [0.3, 0.4) is 0 Å². The zero-order valence-corrected chi connectivity index (χ0v) is 13.1. The zero-order valence-electron chi connectivity index (χ0n) is 13.1. The van der Waals surface area contributed by atoms with Gasteiger partial charge in [0.15, 0.2) is 5.92 Å². The van der Waals surface area contributed by atoms with Crippen LogP contribution in [0.5, 0.6) is 0 Å². The van der Waals surface area contributed by atoms with Crippen molar-refractivity contribution in [1.82, 2.24) is 0 Å². The molecule has 0 amide bonds. The lowest BCUT2D eigenvalue weighted by Crippen LogP contribution is -2.77. The molecule has 1 aromatic rings. The molecule has 1 aromatic carbocycles. The van der Waals surface area contributed by atoms with Gasteiger partial charge in [0, 0.05) is 5.41 Å². The first-order chi connectivity index (χ1) is 11.4. The number of rotatable bonds is 4. The summed E-state index contributed by atoms with van der Waals surface area (Å²) < 4.78 is 13.4. The van der Waals surface area contributed by atoms with Crippen LogP contribution in [0.2, 0.25) is 0 Å². The lowest BCUT2D eigenvalue weighted by molar-refractivity contribution is -0.266. The summed E-state index contributed by atoms with van der Waals surface area (Å²) in [7, 11) is 0. The molecule has 0 heterocycles. The molecule has 4 saturated carbocycles. The third-order valence-corrected chi connectivity index (χ3v) is 7.88. The fraction of sp³-hybridized carbons (Fsp3) is 0.579. The predicted molar refractivity (Wildman–Crippen MR) is 81.7 cm³/mol. The lowest BCUT2D eigenvalue weighted by atomic mass is 9.25. The summed E-state index contributed by atoms with van der Waals surface area (Å²) in [6.07, 6.45) is 4.18. The van der Waals surface area contributed by atoms with Crippen molar-refractivity contribution in [3.8, 4) is 0 Å². The Morgan fingerprint density at radius 1 is 1.04 bits per heavy atom. The summed E-state index contributed by atoms with van der Waals surface area (Å²) >= 11 is 0. The van der Waals surface area contributed by atoms with Gasteiger partial charge in [-0.05, 0) is 72.5 Å². The van der Waals surface area contributed by atoms with E-state index in [9.17, 15) is 24.2 Å². The van der Waals surface area contributed by atoms with Crippen LogP contribution < -0.4 is 0 Å². The lowest BCUT2D eigenvalue weighted by Gasteiger charge is -2.77. The number of halogens is 1. The molecule has 126 valence electrons. The van der Waals surface area contributed by atoms with Gasteiger partial charge in [0.2, 0.25) is 0 Å². The largest absolute Gasteiger partial charge is 0.481 e. The molecule has 4 aliphatic carbocycles. The number of fused-ring (bicyclic) bond motifs is 1. The standard InChI is InChI=1S/C19H19FO4/c20-12-3-1-10(2-4-12)19(15(16(21)22)17(23)24)13-6-9-5-11-7-14(19)18(11,13)8-9/h1-4,9,11,13-15H,5-8H2,(H,21,22)(H,23,24). The van der Waals surface area contributed by atoms with E-state index in [2.05, 4.69) is 0 Å². The van der Waals surface area contributed by atoms with Crippen molar-refractivity contribution in [3.05, 3.63) is 35.6 Å². The first-order valence-corrected chi connectivity index (χ1v) is 8.64. The summed E-state index contributed by atoms with van der Waals surface area (Å²) in [6, 6.07) is 5.87. The third kappa shape index (κ3) is 1.30. The van der Waals surface area contributed by atoms with Gasteiger partial charge in [0.05, 0.1) is 0 Å². The highest BCUT2D eigenvalue weighted by molar-refractivity contribution is 5.95. The molecule has 0 radical (unpaired) electrons. The molecule has 4 aliphatic rings. The quantitative estimate of drug-likeness (QED) is 0.833. The molecule has 24 heavy (non-hydrogen) atoms. The van der Waals surface area contributed by atoms with E-state index in [4.69, 9.17) is 0 Å². The Morgan fingerprint density at radius 2 is 1.67 bits per heavy atom. The van der Waals surface area contributed by atoms with Crippen LogP contribution in [0.1, 0.15) is 31.2 Å². The van der Waals surface area contributed by atoms with Crippen molar-refractivity contribution in [2.45, 2.75) is 31.1 Å². The predicted octanol–water partition coefficient (Wildman–Crippen LogP) is 2.91. The van der Waals surface area contributed by atoms with E-state index < -0.39 is 23.3 Å². The normalized spacial score (nSPS) is 43.9. The smallest absolute Gasteiger partial charge is 0.318 e. The summed E-state index contributed by atoms with van der Waals surface area (Å²) in [4.78, 5) is 23.8. The molecule has 1 spiro atoms. The van der Waals surface area contributed by atoms with Gasteiger partial charge >= 0.3 is 11.9 Å². The Labute approximate surface area is 138 Å². The molecule has 5 rings (SSSR count). The fourth-order valence-corrected chi connectivity index (χ4v) is 7.51. The molecule has 4 nitrogen and oxygen atoms in total. The van der Waals surface area contributed by atoms with Gasteiger partial charge in [-0.3, -0.25) is 9.59 Å². The Hall–Kier alpha value is -1.91. The topological polar surface area (TPSA) is 74.6 Å². The second-order valence-electron chi connectivity index (χ2n) is 8.24. The molecular weight excluding hydrogens is 311 g/mol. The van der Waals surface area contributed by atoms with Gasteiger partial charge in [-0.1, -0.05) is 12.1 Å². The molecule has 4 fully saturated rings. The van der Waals surface area contributed by atoms with Crippen LogP contribution in [0.15, 0.2) is 24.3 Å². The van der Waals surface area contributed by atoms with E-state index in [1.165, 1.54) is 18.6 Å². The number of carboxylic acids is 2. The van der Waals surface area contributed by atoms with E-state index in [0.717, 1.165) is 19.3 Å². The maximum atomic E-state index is 13.4. The SMILES string of the molecule is O=C(O)C(C(=O)O)C1(c2ccc(F)cc2)C2CC3CC4CC1C42C3. The third-order valence-electron chi connectivity index (χ3n) is 7.88. The van der Waals surface area contributed by atoms with Gasteiger partial charge in [0.25, 0.3) is 0 Å². The summed E-state index contributed by atoms with van der Waals surface area (Å²) in [6.45, 7) is 0. The van der Waals surface area contributed by atoms with Crippen LogP contribution in [0.25, 0.3) is 0 Å². The summed E-state index contributed by atoms with van der Waals surface area (Å²) in [5, 5.41) is 19.5. The monoisotopic (exact) mass is 330 g/mol. The van der Waals surface area contributed by atoms with Crippen molar-refractivity contribution in [2.75, 3.05) is 0 Å². The molecular formula is C19H19FO4. The van der Waals surface area contributed by atoms with Crippen LogP contribution in [-0.2, 0) is 15.0 Å². The van der Waals surface area contributed by atoms with Gasteiger partial charge in [-0.15, -0.1) is 0 Å². The number of aliphatic carboxylic acids is 2. The Bertz CT molecular complexity index is 745. The number of benzene rings is 1. The number of hydrogen-bond acceptors (Lipinski definition) is 2. The molecule has 5 heteroatoms. The van der Waals surface area contributed by atoms with E-state index in [-0.39, 0.29) is 23.1 Å². The van der Waals surface area contributed by atoms with Gasteiger partial charge in [-0.2, -0.15) is 0 Å². The van der Waals surface area contributed by atoms with Crippen LogP contribution in [-0.4, -0.2) is 22.2 Å². The minimum absolute atomic E-state index is 0.107. The molecule has 0 aliphatic heterocycles. The van der Waals surface area contributed by atoms with E-state index in [0.29, 0.717) is 17.4 Å². The average molecular weight is 330 g/mol. The summed E-state index contributed by atoms with van der Waals surface area (Å²) in [5.74, 6) is -2.92. The minimum Gasteiger partial charge on any atom is -0.481 e. The highest BCUT2D eigenvalue weighted by Crippen LogP contribution is 2.88. The maximum absolute atomic E-state index is 13.4.